The Morgan fingerprint density at radius 1 is 0.365 bits per heavy atom. The zero-order chi connectivity index (χ0) is 35.5. The van der Waals surface area contributed by atoms with Crippen LogP contribution in [0.15, 0.2) is 130 Å². The molecule has 1 aliphatic rings. The molecule has 264 valence electrons. The van der Waals surface area contributed by atoms with E-state index >= 15 is 0 Å². The molecule has 0 unspecified atom stereocenters. The number of phenols is 2. The maximum absolute atomic E-state index is 10.2. The summed E-state index contributed by atoms with van der Waals surface area (Å²) in [6, 6.07) is 32.3. The number of nitrogens with zero attached hydrogens (tertiary/aromatic N) is 4. The van der Waals surface area contributed by atoms with E-state index in [9.17, 15) is 10.2 Å². The minimum atomic E-state index is 0.188. The fourth-order valence-corrected chi connectivity index (χ4v) is 5.56. The number of hydrogen-bond donors (Lipinski definition) is 2. The second kappa shape index (κ2) is 16.6. The van der Waals surface area contributed by atoms with E-state index in [4.69, 9.17) is 28.4 Å². The Morgan fingerprint density at radius 3 is 1.17 bits per heavy atom. The molecule has 12 heteroatoms. The predicted octanol–water partition coefficient (Wildman–Crippen LogP) is 9.50. The Kier molecular flexibility index (Phi) is 11.0. The van der Waals surface area contributed by atoms with Crippen LogP contribution in [-0.4, -0.2) is 63.1 Å². The van der Waals surface area contributed by atoms with Gasteiger partial charge in [-0.15, -0.1) is 10.2 Å². The van der Waals surface area contributed by atoms with Gasteiger partial charge < -0.3 is 38.6 Å². The normalized spacial score (nSPS) is 14.8. The lowest BCUT2D eigenvalue weighted by Crippen LogP contribution is -2.15. The highest BCUT2D eigenvalue weighted by molar-refractivity contribution is 5.97. The molecule has 0 spiro atoms. The van der Waals surface area contributed by atoms with Crippen molar-refractivity contribution < 1.29 is 38.6 Å². The topological polar surface area (TPSA) is 145 Å². The van der Waals surface area contributed by atoms with Gasteiger partial charge in [0.05, 0.1) is 49.2 Å². The van der Waals surface area contributed by atoms with E-state index in [1.54, 1.807) is 60.7 Å². The van der Waals surface area contributed by atoms with Crippen LogP contribution in [0.5, 0.6) is 34.5 Å². The molecule has 0 aliphatic carbocycles. The predicted molar refractivity (Wildman–Crippen MR) is 196 cm³/mol. The molecule has 0 fully saturated rings. The SMILES string of the molecule is Oc1ccc(N=Nc2ccc3c(c2)OCCOCCOc2cc(N=Nc4ccc(O)c5ccccc45)ccc2OCCOCCO3)c2ccccc12. The fraction of sp³-hybridized carbons (Fsp3) is 0.200. The number of benzene rings is 6. The smallest absolute Gasteiger partial charge is 0.163 e. The Balaban J connectivity index is 1.00. The van der Waals surface area contributed by atoms with Crippen LogP contribution in [0.4, 0.5) is 22.7 Å². The lowest BCUT2D eigenvalue weighted by atomic mass is 10.1. The second-order valence-electron chi connectivity index (χ2n) is 11.6. The lowest BCUT2D eigenvalue weighted by Gasteiger charge is -2.16. The summed E-state index contributed by atoms with van der Waals surface area (Å²) in [5.74, 6) is 2.44. The molecule has 1 heterocycles. The molecule has 52 heavy (non-hydrogen) atoms. The lowest BCUT2D eigenvalue weighted by molar-refractivity contribution is 0.0640. The highest BCUT2D eigenvalue weighted by Crippen LogP contribution is 2.37. The summed E-state index contributed by atoms with van der Waals surface area (Å²) in [5.41, 5.74) is 2.40. The van der Waals surface area contributed by atoms with Gasteiger partial charge in [-0.2, -0.15) is 10.2 Å². The van der Waals surface area contributed by atoms with E-state index in [1.165, 1.54) is 0 Å². The summed E-state index contributed by atoms with van der Waals surface area (Å²) < 4.78 is 35.7. The summed E-state index contributed by atoms with van der Waals surface area (Å²) in [6.07, 6.45) is 0. The number of ether oxygens (including phenoxy) is 6. The Morgan fingerprint density at radius 2 is 0.750 bits per heavy atom. The maximum Gasteiger partial charge on any atom is 0.163 e. The molecule has 0 bridgehead atoms. The molecule has 12 nitrogen and oxygen atoms in total. The van der Waals surface area contributed by atoms with E-state index in [2.05, 4.69) is 20.5 Å². The molecule has 6 aromatic carbocycles. The van der Waals surface area contributed by atoms with Gasteiger partial charge in [-0.3, -0.25) is 0 Å². The Hall–Kier alpha value is -6.24. The van der Waals surface area contributed by atoms with Crippen molar-refractivity contribution in [2.24, 2.45) is 20.5 Å². The summed E-state index contributed by atoms with van der Waals surface area (Å²) >= 11 is 0. The standard InChI is InChI=1S/C40H36N4O8/c45-35-13-11-33(29-5-1-3-7-31(29)35)43-41-27-9-15-37-39(25-27)51-23-19-48-20-24-52-40-26-28(10-16-38(40)50-22-18-47-17-21-49-37)42-44-34-12-14-36(46)32-8-4-2-6-30(32)34/h1-16,25-26,45-46H,17-24H2. The van der Waals surface area contributed by atoms with Crippen LogP contribution in [0.3, 0.4) is 0 Å². The van der Waals surface area contributed by atoms with Crippen molar-refractivity contribution in [2.45, 2.75) is 0 Å². The van der Waals surface area contributed by atoms with Crippen molar-refractivity contribution >= 4 is 44.3 Å². The van der Waals surface area contributed by atoms with Crippen molar-refractivity contribution in [1.82, 2.24) is 0 Å². The van der Waals surface area contributed by atoms with Gasteiger partial charge in [0.15, 0.2) is 23.0 Å². The molecule has 6 aromatic rings. The molecule has 0 amide bonds. The monoisotopic (exact) mass is 700 g/mol. The van der Waals surface area contributed by atoms with Gasteiger partial charge in [0.25, 0.3) is 0 Å². The van der Waals surface area contributed by atoms with Crippen LogP contribution in [0.25, 0.3) is 21.5 Å². The van der Waals surface area contributed by atoms with Crippen LogP contribution in [0.2, 0.25) is 0 Å². The average molecular weight is 701 g/mol. The van der Waals surface area contributed by atoms with E-state index < -0.39 is 0 Å². The summed E-state index contributed by atoms with van der Waals surface area (Å²) in [7, 11) is 0. The molecule has 0 saturated heterocycles. The van der Waals surface area contributed by atoms with Gasteiger partial charge in [0.1, 0.15) is 37.9 Å². The Bertz CT molecular complexity index is 2070. The minimum absolute atomic E-state index is 0.188. The summed E-state index contributed by atoms with van der Waals surface area (Å²) in [4.78, 5) is 0. The van der Waals surface area contributed by atoms with Crippen LogP contribution in [0, 0.1) is 0 Å². The second-order valence-corrected chi connectivity index (χ2v) is 11.6. The maximum atomic E-state index is 10.2. The number of fused-ring (bicyclic) bond motifs is 4. The number of aromatic hydroxyl groups is 2. The fourth-order valence-electron chi connectivity index (χ4n) is 5.56. The van der Waals surface area contributed by atoms with Gasteiger partial charge in [-0.25, -0.2) is 0 Å². The summed E-state index contributed by atoms with van der Waals surface area (Å²) in [5, 5.41) is 41.2. The quantitative estimate of drug-likeness (QED) is 0.173. The van der Waals surface area contributed by atoms with Crippen molar-refractivity contribution in [2.75, 3.05) is 52.9 Å². The van der Waals surface area contributed by atoms with Gasteiger partial charge in [0, 0.05) is 33.7 Å². The molecular weight excluding hydrogens is 664 g/mol. The van der Waals surface area contributed by atoms with E-state index in [1.807, 2.05) is 48.5 Å². The molecule has 2 N–H and O–H groups in total. The van der Waals surface area contributed by atoms with Crippen molar-refractivity contribution in [3.63, 3.8) is 0 Å². The Labute approximate surface area is 299 Å². The first-order valence-electron chi connectivity index (χ1n) is 16.8. The highest BCUT2D eigenvalue weighted by atomic mass is 16.6. The zero-order valence-corrected chi connectivity index (χ0v) is 28.2. The van der Waals surface area contributed by atoms with E-state index in [0.717, 1.165) is 10.8 Å². The first kappa shape index (κ1) is 34.2. The van der Waals surface area contributed by atoms with Crippen LogP contribution < -0.4 is 18.9 Å². The van der Waals surface area contributed by atoms with E-state index in [-0.39, 0.29) is 37.9 Å². The third-order valence-electron chi connectivity index (χ3n) is 8.10. The molecule has 0 radical (unpaired) electrons. The van der Waals surface area contributed by atoms with Gasteiger partial charge in [-0.1, -0.05) is 48.5 Å². The van der Waals surface area contributed by atoms with Crippen LogP contribution in [-0.2, 0) is 9.47 Å². The number of rotatable bonds is 4. The van der Waals surface area contributed by atoms with E-state index in [0.29, 0.717) is 82.9 Å². The third kappa shape index (κ3) is 8.37. The number of hydrogen-bond acceptors (Lipinski definition) is 12. The highest BCUT2D eigenvalue weighted by Gasteiger charge is 2.12. The van der Waals surface area contributed by atoms with Gasteiger partial charge in [0.2, 0.25) is 0 Å². The first-order chi connectivity index (χ1) is 25.6. The third-order valence-corrected chi connectivity index (χ3v) is 8.10. The van der Waals surface area contributed by atoms with Crippen molar-refractivity contribution in [3.05, 3.63) is 109 Å². The van der Waals surface area contributed by atoms with Crippen molar-refractivity contribution in [1.29, 1.82) is 0 Å². The number of phenolic OH excluding ortho intramolecular Hbond substituents is 2. The molecule has 0 atom stereocenters. The van der Waals surface area contributed by atoms with Gasteiger partial charge >= 0.3 is 0 Å². The minimum Gasteiger partial charge on any atom is -0.507 e. The van der Waals surface area contributed by atoms with Gasteiger partial charge in [-0.05, 0) is 48.5 Å². The first-order valence-corrected chi connectivity index (χ1v) is 16.8. The molecule has 7 rings (SSSR count). The summed E-state index contributed by atoms with van der Waals surface area (Å²) in [6.45, 7) is 2.35. The van der Waals surface area contributed by atoms with Crippen LogP contribution >= 0.6 is 0 Å². The molecular formula is C40H36N4O8. The average Bonchev–Trinajstić information content (AvgIpc) is 3.17. The number of azo groups is 2. The molecule has 0 saturated carbocycles. The largest absolute Gasteiger partial charge is 0.507 e. The zero-order valence-electron chi connectivity index (χ0n) is 28.2. The van der Waals surface area contributed by atoms with Crippen LogP contribution in [0.1, 0.15) is 0 Å². The van der Waals surface area contributed by atoms with Crippen molar-refractivity contribution in [3.8, 4) is 34.5 Å². The molecule has 0 aromatic heterocycles. The molecule has 1 aliphatic heterocycles.